The molecule has 21 heavy (non-hydrogen) atoms. The second kappa shape index (κ2) is 5.47. The summed E-state index contributed by atoms with van der Waals surface area (Å²) in [6.45, 7) is 13.1. The van der Waals surface area contributed by atoms with Gasteiger partial charge < -0.3 is 5.32 Å². The Morgan fingerprint density at radius 2 is 1.52 bits per heavy atom. The van der Waals surface area contributed by atoms with Gasteiger partial charge in [0, 0.05) is 24.2 Å². The molecule has 1 aromatic rings. The molecule has 0 radical (unpaired) electrons. The molecule has 116 valence electrons. The molecule has 1 N–H and O–H groups in total. The fourth-order valence-corrected chi connectivity index (χ4v) is 2.25. The molecule has 0 spiro atoms. The van der Waals surface area contributed by atoms with E-state index in [0.29, 0.717) is 11.3 Å². The van der Waals surface area contributed by atoms with Gasteiger partial charge in [-0.3, -0.25) is 14.9 Å². The van der Waals surface area contributed by atoms with Crippen molar-refractivity contribution in [2.45, 2.75) is 59.3 Å². The van der Waals surface area contributed by atoms with Crippen molar-refractivity contribution >= 4 is 17.3 Å². The van der Waals surface area contributed by atoms with Crippen molar-refractivity contribution in [2.24, 2.45) is 0 Å². The van der Waals surface area contributed by atoms with Gasteiger partial charge in [-0.1, -0.05) is 41.5 Å². The van der Waals surface area contributed by atoms with Crippen LogP contribution in [0.5, 0.6) is 0 Å². The highest BCUT2D eigenvalue weighted by Crippen LogP contribution is 2.39. The van der Waals surface area contributed by atoms with Crippen molar-refractivity contribution in [1.29, 1.82) is 0 Å². The largest absolute Gasteiger partial charge is 0.326 e. The molecule has 0 aliphatic carbocycles. The number of nitro benzene ring substituents is 1. The Morgan fingerprint density at radius 1 is 1.05 bits per heavy atom. The number of hydrogen-bond acceptors (Lipinski definition) is 3. The maximum atomic E-state index is 11.4. The van der Waals surface area contributed by atoms with Crippen LogP contribution in [0.2, 0.25) is 0 Å². The third-order valence-corrected chi connectivity index (χ3v) is 3.26. The van der Waals surface area contributed by atoms with Crippen molar-refractivity contribution < 1.29 is 9.72 Å². The molecule has 0 fully saturated rings. The Kier molecular flexibility index (Phi) is 4.46. The molecular formula is C16H24N2O3. The van der Waals surface area contributed by atoms with Gasteiger partial charge in [-0.2, -0.15) is 0 Å². The van der Waals surface area contributed by atoms with Crippen LogP contribution in [-0.2, 0) is 15.6 Å². The zero-order valence-corrected chi connectivity index (χ0v) is 13.8. The molecule has 1 rings (SSSR count). The van der Waals surface area contributed by atoms with Crippen molar-refractivity contribution in [3.05, 3.63) is 33.4 Å². The lowest BCUT2D eigenvalue weighted by Crippen LogP contribution is -2.21. The second-order valence-corrected chi connectivity index (χ2v) is 7.35. The van der Waals surface area contributed by atoms with Gasteiger partial charge >= 0.3 is 0 Å². The van der Waals surface area contributed by atoms with Gasteiger partial charge in [0.05, 0.1) is 4.92 Å². The number of carbonyl (C=O) groups is 1. The minimum atomic E-state index is -0.383. The van der Waals surface area contributed by atoms with E-state index in [1.54, 1.807) is 12.1 Å². The first-order chi connectivity index (χ1) is 9.34. The Labute approximate surface area is 125 Å². The van der Waals surface area contributed by atoms with Gasteiger partial charge in [0.15, 0.2) is 0 Å². The number of anilines is 1. The van der Waals surface area contributed by atoms with Crippen LogP contribution in [-0.4, -0.2) is 10.8 Å². The van der Waals surface area contributed by atoms with Gasteiger partial charge in [-0.15, -0.1) is 0 Å². The molecular weight excluding hydrogens is 268 g/mol. The minimum absolute atomic E-state index is 0.0986. The Morgan fingerprint density at radius 3 is 1.86 bits per heavy atom. The molecule has 1 aromatic carbocycles. The number of rotatable bonds is 2. The molecule has 5 nitrogen and oxygen atoms in total. The Hall–Kier alpha value is -1.91. The molecule has 0 bridgehead atoms. The topological polar surface area (TPSA) is 72.2 Å². The lowest BCUT2D eigenvalue weighted by molar-refractivity contribution is -0.386. The van der Waals surface area contributed by atoms with Crippen LogP contribution in [0.15, 0.2) is 12.1 Å². The summed E-state index contributed by atoms with van der Waals surface area (Å²) in [6, 6.07) is 3.33. The molecule has 0 aliphatic heterocycles. The molecule has 0 aliphatic rings. The van der Waals surface area contributed by atoms with Gasteiger partial charge in [0.25, 0.3) is 5.69 Å². The number of benzene rings is 1. The summed E-state index contributed by atoms with van der Waals surface area (Å²) < 4.78 is 0. The maximum Gasteiger partial charge on any atom is 0.273 e. The molecule has 1 amide bonds. The van der Waals surface area contributed by atoms with E-state index in [1.807, 2.05) is 41.5 Å². The zero-order chi connectivity index (χ0) is 16.6. The summed E-state index contributed by atoms with van der Waals surface area (Å²) in [5.41, 5.74) is 1.43. The van der Waals surface area contributed by atoms with Crippen LogP contribution in [0.4, 0.5) is 11.4 Å². The molecule has 0 unspecified atom stereocenters. The van der Waals surface area contributed by atoms with Crippen LogP contribution < -0.4 is 5.32 Å². The maximum absolute atomic E-state index is 11.4. The summed E-state index contributed by atoms with van der Waals surface area (Å²) >= 11 is 0. The smallest absolute Gasteiger partial charge is 0.273 e. The fraction of sp³-hybridized carbons (Fsp3) is 0.562. The van der Waals surface area contributed by atoms with Crippen LogP contribution in [0.25, 0.3) is 0 Å². The predicted molar refractivity (Wildman–Crippen MR) is 84.8 cm³/mol. The molecule has 0 atom stereocenters. The standard InChI is InChI=1S/C16H24N2O3/c1-10(19)17-13-8-12(16(5,6)7)14(18(20)21)9-11(13)15(2,3)4/h8-9H,1-7H3,(H,17,19). The average Bonchev–Trinajstić information content (AvgIpc) is 2.24. The first kappa shape index (κ1) is 17.1. The van der Waals surface area contributed by atoms with E-state index in [9.17, 15) is 14.9 Å². The zero-order valence-electron chi connectivity index (χ0n) is 13.8. The van der Waals surface area contributed by atoms with Gasteiger partial charge in [0.2, 0.25) is 5.91 Å². The predicted octanol–water partition coefficient (Wildman–Crippen LogP) is 4.15. The van der Waals surface area contributed by atoms with Gasteiger partial charge in [0.1, 0.15) is 0 Å². The van der Waals surface area contributed by atoms with E-state index in [0.717, 1.165) is 5.56 Å². The Bertz CT molecular complexity index is 578. The van der Waals surface area contributed by atoms with Crippen molar-refractivity contribution in [1.82, 2.24) is 0 Å². The molecule has 0 saturated heterocycles. The van der Waals surface area contributed by atoms with Crippen molar-refractivity contribution in [2.75, 3.05) is 5.32 Å². The summed E-state index contributed by atoms with van der Waals surface area (Å²) in [5.74, 6) is -0.186. The van der Waals surface area contributed by atoms with Gasteiger partial charge in [-0.05, 0) is 22.5 Å². The second-order valence-electron chi connectivity index (χ2n) is 7.35. The molecule has 0 heterocycles. The van der Waals surface area contributed by atoms with E-state index in [4.69, 9.17) is 0 Å². The number of hydrogen-bond donors (Lipinski definition) is 1. The fourth-order valence-electron chi connectivity index (χ4n) is 2.25. The minimum Gasteiger partial charge on any atom is -0.326 e. The molecule has 0 aromatic heterocycles. The lowest BCUT2D eigenvalue weighted by Gasteiger charge is -2.26. The number of amides is 1. The van der Waals surface area contributed by atoms with E-state index in [1.165, 1.54) is 6.92 Å². The average molecular weight is 292 g/mol. The Balaban J connectivity index is 3.70. The quantitative estimate of drug-likeness (QED) is 0.657. The summed E-state index contributed by atoms with van der Waals surface area (Å²) in [4.78, 5) is 22.5. The third-order valence-electron chi connectivity index (χ3n) is 3.26. The summed E-state index contributed by atoms with van der Waals surface area (Å²) in [5, 5.41) is 14.2. The van der Waals surface area contributed by atoms with E-state index in [2.05, 4.69) is 5.32 Å². The first-order valence-corrected chi connectivity index (χ1v) is 6.95. The van der Waals surface area contributed by atoms with E-state index < -0.39 is 0 Å². The highest BCUT2D eigenvalue weighted by molar-refractivity contribution is 5.90. The summed E-state index contributed by atoms with van der Waals surface area (Å²) in [6.07, 6.45) is 0. The van der Waals surface area contributed by atoms with Crippen LogP contribution in [0, 0.1) is 10.1 Å². The van der Waals surface area contributed by atoms with E-state index >= 15 is 0 Å². The lowest BCUT2D eigenvalue weighted by atomic mass is 9.80. The molecule has 5 heteroatoms. The van der Waals surface area contributed by atoms with Crippen LogP contribution >= 0.6 is 0 Å². The van der Waals surface area contributed by atoms with Crippen LogP contribution in [0.3, 0.4) is 0 Å². The number of nitrogens with zero attached hydrogens (tertiary/aromatic N) is 1. The van der Waals surface area contributed by atoms with E-state index in [-0.39, 0.29) is 27.3 Å². The van der Waals surface area contributed by atoms with Crippen molar-refractivity contribution in [3.63, 3.8) is 0 Å². The number of carbonyl (C=O) groups excluding carboxylic acids is 1. The first-order valence-electron chi connectivity index (χ1n) is 6.95. The highest BCUT2D eigenvalue weighted by atomic mass is 16.6. The van der Waals surface area contributed by atoms with Gasteiger partial charge in [-0.25, -0.2) is 0 Å². The third kappa shape index (κ3) is 4.03. The number of nitro groups is 1. The molecule has 0 saturated carbocycles. The van der Waals surface area contributed by atoms with Crippen molar-refractivity contribution in [3.8, 4) is 0 Å². The monoisotopic (exact) mass is 292 g/mol. The highest BCUT2D eigenvalue weighted by Gasteiger charge is 2.30. The number of nitrogens with one attached hydrogen (secondary N) is 1. The SMILES string of the molecule is CC(=O)Nc1cc(C(C)(C)C)c([N+](=O)[O-])cc1C(C)(C)C. The summed E-state index contributed by atoms with van der Waals surface area (Å²) in [7, 11) is 0. The normalized spacial score (nSPS) is 12.1. The van der Waals surface area contributed by atoms with Crippen LogP contribution in [0.1, 0.15) is 59.6 Å².